The van der Waals surface area contributed by atoms with E-state index in [9.17, 15) is 14.4 Å². The smallest absolute Gasteiger partial charge is 0.262 e. The largest absolute Gasteiger partial charge is 0.340 e. The summed E-state index contributed by atoms with van der Waals surface area (Å²) in [4.78, 5) is 40.5. The molecule has 6 nitrogen and oxygen atoms in total. The van der Waals surface area contributed by atoms with E-state index < -0.39 is 11.8 Å². The van der Waals surface area contributed by atoms with Gasteiger partial charge in [-0.2, -0.15) is 0 Å². The van der Waals surface area contributed by atoms with Crippen LogP contribution in [0.3, 0.4) is 0 Å². The molecule has 0 bridgehead atoms. The molecule has 2 aromatic carbocycles. The second-order valence-corrected chi connectivity index (χ2v) is 6.65. The molecule has 2 N–H and O–H groups in total. The zero-order valence-corrected chi connectivity index (χ0v) is 15.4. The molecule has 0 unspecified atom stereocenters. The van der Waals surface area contributed by atoms with E-state index in [4.69, 9.17) is 5.73 Å². The molecule has 6 heteroatoms. The first-order valence-corrected chi connectivity index (χ1v) is 9.00. The van der Waals surface area contributed by atoms with Gasteiger partial charge in [-0.15, -0.1) is 0 Å². The quantitative estimate of drug-likeness (QED) is 0.756. The average molecular weight is 365 g/mol. The summed E-state index contributed by atoms with van der Waals surface area (Å²) in [6.45, 7) is 2.79. The first-order valence-electron chi connectivity index (χ1n) is 9.00. The standard InChI is InChI=1S/C21H23N3O3/c1-15-7-8-17-18(13-15)21(27)24(20(17)26)14-19(25)23(12-10-22)11-9-16-5-3-2-4-6-16/h2-8,13H,9-12,14,22H2,1H3. The molecule has 1 aliphatic heterocycles. The fraction of sp³-hybridized carbons (Fsp3) is 0.286. The third-order valence-corrected chi connectivity index (χ3v) is 4.68. The zero-order valence-electron chi connectivity index (χ0n) is 15.4. The SMILES string of the molecule is Cc1ccc2c(c1)C(=O)N(CC(=O)N(CCN)CCc1ccccc1)C2=O. The Morgan fingerprint density at radius 1 is 1.00 bits per heavy atom. The van der Waals surface area contributed by atoms with E-state index in [2.05, 4.69) is 0 Å². The number of hydrogen-bond acceptors (Lipinski definition) is 4. The summed E-state index contributed by atoms with van der Waals surface area (Å²) in [7, 11) is 0. The van der Waals surface area contributed by atoms with Crippen LogP contribution in [-0.4, -0.2) is 53.7 Å². The Morgan fingerprint density at radius 2 is 1.70 bits per heavy atom. The molecule has 1 aliphatic rings. The van der Waals surface area contributed by atoms with Crippen molar-refractivity contribution in [1.82, 2.24) is 9.80 Å². The Bertz CT molecular complexity index is 864. The molecule has 0 spiro atoms. The summed E-state index contributed by atoms with van der Waals surface area (Å²) in [6.07, 6.45) is 0.688. The number of rotatable bonds is 7. The molecule has 2 aromatic rings. The zero-order chi connectivity index (χ0) is 19.4. The maximum absolute atomic E-state index is 12.7. The molecular formula is C21H23N3O3. The summed E-state index contributed by atoms with van der Waals surface area (Å²) in [6, 6.07) is 15.0. The van der Waals surface area contributed by atoms with Crippen LogP contribution in [0.15, 0.2) is 48.5 Å². The number of fused-ring (bicyclic) bond motifs is 1. The number of amides is 3. The summed E-state index contributed by atoms with van der Waals surface area (Å²) in [5.41, 5.74) is 8.37. The number of carbonyl (C=O) groups excluding carboxylic acids is 3. The van der Waals surface area contributed by atoms with Crippen LogP contribution in [0.4, 0.5) is 0 Å². The summed E-state index contributed by atoms with van der Waals surface area (Å²) >= 11 is 0. The second-order valence-electron chi connectivity index (χ2n) is 6.65. The van der Waals surface area contributed by atoms with Crippen molar-refractivity contribution < 1.29 is 14.4 Å². The molecule has 27 heavy (non-hydrogen) atoms. The lowest BCUT2D eigenvalue weighted by Crippen LogP contribution is -2.45. The third kappa shape index (κ3) is 4.06. The first-order chi connectivity index (χ1) is 13.0. The topological polar surface area (TPSA) is 83.7 Å². The van der Waals surface area contributed by atoms with Gasteiger partial charge in [-0.25, -0.2) is 0 Å². The number of aryl methyl sites for hydroxylation is 1. The minimum atomic E-state index is -0.417. The van der Waals surface area contributed by atoms with Crippen LogP contribution in [0, 0.1) is 6.92 Å². The maximum atomic E-state index is 12.7. The fourth-order valence-corrected chi connectivity index (χ4v) is 3.21. The number of nitrogens with two attached hydrogens (primary N) is 1. The fourth-order valence-electron chi connectivity index (χ4n) is 3.21. The van der Waals surface area contributed by atoms with E-state index in [1.165, 1.54) is 0 Å². The Labute approximate surface area is 158 Å². The van der Waals surface area contributed by atoms with Crippen LogP contribution in [0.1, 0.15) is 31.8 Å². The highest BCUT2D eigenvalue weighted by Crippen LogP contribution is 2.23. The second kappa shape index (κ2) is 8.14. The van der Waals surface area contributed by atoms with Gasteiger partial charge in [-0.05, 0) is 31.0 Å². The molecule has 0 radical (unpaired) electrons. The van der Waals surface area contributed by atoms with Crippen molar-refractivity contribution in [2.45, 2.75) is 13.3 Å². The van der Waals surface area contributed by atoms with E-state index in [1.54, 1.807) is 23.1 Å². The third-order valence-electron chi connectivity index (χ3n) is 4.68. The van der Waals surface area contributed by atoms with Gasteiger partial charge in [0, 0.05) is 19.6 Å². The lowest BCUT2D eigenvalue weighted by Gasteiger charge is -2.24. The summed E-state index contributed by atoms with van der Waals surface area (Å²) in [5.74, 6) is -1.11. The Balaban J connectivity index is 1.68. The molecular weight excluding hydrogens is 342 g/mol. The van der Waals surface area contributed by atoms with Crippen molar-refractivity contribution in [1.29, 1.82) is 0 Å². The lowest BCUT2D eigenvalue weighted by atomic mass is 10.1. The molecule has 0 atom stereocenters. The van der Waals surface area contributed by atoms with Crippen molar-refractivity contribution in [3.8, 4) is 0 Å². The van der Waals surface area contributed by atoms with Crippen molar-refractivity contribution >= 4 is 17.7 Å². The monoisotopic (exact) mass is 365 g/mol. The van der Waals surface area contributed by atoms with Gasteiger partial charge in [0.15, 0.2) is 0 Å². The molecule has 3 rings (SSSR count). The molecule has 0 fully saturated rings. The van der Waals surface area contributed by atoms with Gasteiger partial charge in [-0.3, -0.25) is 19.3 Å². The van der Waals surface area contributed by atoms with Crippen molar-refractivity contribution in [2.24, 2.45) is 5.73 Å². The minimum absolute atomic E-state index is 0.264. The highest BCUT2D eigenvalue weighted by atomic mass is 16.2. The molecule has 140 valence electrons. The van der Waals surface area contributed by atoms with Crippen LogP contribution >= 0.6 is 0 Å². The van der Waals surface area contributed by atoms with Crippen LogP contribution < -0.4 is 5.73 Å². The van der Waals surface area contributed by atoms with Crippen LogP contribution in [0.5, 0.6) is 0 Å². The molecule has 0 aliphatic carbocycles. The number of nitrogens with zero attached hydrogens (tertiary/aromatic N) is 2. The van der Waals surface area contributed by atoms with Crippen molar-refractivity contribution in [2.75, 3.05) is 26.2 Å². The average Bonchev–Trinajstić information content (AvgIpc) is 2.90. The molecule has 0 aromatic heterocycles. The number of benzene rings is 2. The van der Waals surface area contributed by atoms with Gasteiger partial charge in [0.1, 0.15) is 6.54 Å². The lowest BCUT2D eigenvalue weighted by molar-refractivity contribution is -0.131. The number of imide groups is 1. The molecule has 0 saturated carbocycles. The van der Waals surface area contributed by atoms with Crippen molar-refractivity contribution in [3.63, 3.8) is 0 Å². The number of hydrogen-bond donors (Lipinski definition) is 1. The van der Waals surface area contributed by atoms with E-state index in [-0.39, 0.29) is 12.5 Å². The maximum Gasteiger partial charge on any atom is 0.262 e. The van der Waals surface area contributed by atoms with E-state index in [0.29, 0.717) is 37.2 Å². The van der Waals surface area contributed by atoms with Gasteiger partial charge >= 0.3 is 0 Å². The molecule has 3 amide bonds. The van der Waals surface area contributed by atoms with Gasteiger partial charge in [0.25, 0.3) is 11.8 Å². The molecule has 1 heterocycles. The van der Waals surface area contributed by atoms with E-state index >= 15 is 0 Å². The minimum Gasteiger partial charge on any atom is -0.340 e. The van der Waals surface area contributed by atoms with Crippen LogP contribution in [0.25, 0.3) is 0 Å². The van der Waals surface area contributed by atoms with Crippen LogP contribution in [-0.2, 0) is 11.2 Å². The van der Waals surface area contributed by atoms with E-state index in [1.807, 2.05) is 37.3 Å². The van der Waals surface area contributed by atoms with Gasteiger partial charge in [-0.1, -0.05) is 42.0 Å². The van der Waals surface area contributed by atoms with Gasteiger partial charge in [0.05, 0.1) is 11.1 Å². The van der Waals surface area contributed by atoms with Crippen molar-refractivity contribution in [3.05, 3.63) is 70.8 Å². The van der Waals surface area contributed by atoms with Gasteiger partial charge < -0.3 is 10.6 Å². The molecule has 0 saturated heterocycles. The number of carbonyl (C=O) groups is 3. The van der Waals surface area contributed by atoms with E-state index in [0.717, 1.165) is 16.0 Å². The first kappa shape index (κ1) is 18.8. The van der Waals surface area contributed by atoms with Gasteiger partial charge in [0.2, 0.25) is 5.91 Å². The summed E-state index contributed by atoms with van der Waals surface area (Å²) in [5, 5.41) is 0. The Kier molecular flexibility index (Phi) is 5.66. The predicted octanol–water partition coefficient (Wildman–Crippen LogP) is 1.62. The highest BCUT2D eigenvalue weighted by molar-refractivity contribution is 6.22. The summed E-state index contributed by atoms with van der Waals surface area (Å²) < 4.78 is 0. The Morgan fingerprint density at radius 3 is 2.41 bits per heavy atom. The van der Waals surface area contributed by atoms with Crippen LogP contribution in [0.2, 0.25) is 0 Å². The highest BCUT2D eigenvalue weighted by Gasteiger charge is 2.37. The predicted molar refractivity (Wildman–Crippen MR) is 102 cm³/mol. The Hall–Kier alpha value is -2.99. The normalized spacial score (nSPS) is 13.0.